The van der Waals surface area contributed by atoms with Crippen molar-refractivity contribution < 1.29 is 0 Å². The van der Waals surface area contributed by atoms with Gasteiger partial charge in [-0.05, 0) is 10.9 Å². The topological polar surface area (TPSA) is 52.0 Å². The van der Waals surface area contributed by atoms with Crippen molar-refractivity contribution >= 4 is 17.2 Å². The predicted octanol–water partition coefficient (Wildman–Crippen LogP) is 2.35. The number of likely N-dealkylation sites (N-methyl/N-ethyl adjacent to an activating group) is 1. The maximum Gasteiger partial charge on any atom is 0.109 e. The highest BCUT2D eigenvalue weighted by molar-refractivity contribution is 7.80. The van der Waals surface area contributed by atoms with Gasteiger partial charge >= 0.3 is 0 Å². The molecule has 0 aromatic heterocycles. The van der Waals surface area contributed by atoms with E-state index in [4.69, 9.17) is 17.7 Å². The number of hydrogen-bond donors (Lipinski definition) is 0. The van der Waals surface area contributed by atoms with Crippen LogP contribution in [0.2, 0.25) is 0 Å². The normalized spacial score (nSPS) is 28.0. The average Bonchev–Trinajstić information content (AvgIpc) is 2.01. The van der Waals surface area contributed by atoms with Crippen molar-refractivity contribution in [1.82, 2.24) is 4.90 Å². The van der Waals surface area contributed by atoms with Crippen LogP contribution in [-0.2, 0) is 0 Å². The zero-order chi connectivity index (χ0) is 10.2. The Bertz CT molecular complexity index is 274. The lowest BCUT2D eigenvalue weighted by Crippen LogP contribution is -2.65. The first-order valence-electron chi connectivity index (χ1n) is 4.20. The fourth-order valence-corrected chi connectivity index (χ4v) is 2.12. The average molecular weight is 198 g/mol. The minimum atomic E-state index is -0.134. The molecule has 72 valence electrons. The molecular weight excluding hydrogens is 184 g/mol. The molecule has 0 aromatic carbocycles. The fraction of sp³-hybridized carbons (Fsp3) is 0.875. The van der Waals surface area contributed by atoms with Crippen LogP contribution in [0.4, 0.5) is 0 Å². The molecule has 0 saturated carbocycles. The van der Waals surface area contributed by atoms with Gasteiger partial charge in [0.25, 0.3) is 0 Å². The van der Waals surface area contributed by atoms with Crippen molar-refractivity contribution in [3.63, 3.8) is 0 Å². The van der Waals surface area contributed by atoms with Crippen molar-refractivity contribution in [2.24, 2.45) is 10.5 Å². The van der Waals surface area contributed by atoms with Crippen LogP contribution in [0.15, 0.2) is 5.11 Å². The third-order valence-electron chi connectivity index (χ3n) is 2.38. The van der Waals surface area contributed by atoms with Gasteiger partial charge in [-0.1, -0.05) is 38.1 Å². The van der Waals surface area contributed by atoms with Gasteiger partial charge in [-0.25, -0.2) is 0 Å². The van der Waals surface area contributed by atoms with Gasteiger partial charge in [0.15, 0.2) is 0 Å². The molecule has 1 heterocycles. The number of azide groups is 1. The smallest absolute Gasteiger partial charge is 0.109 e. The van der Waals surface area contributed by atoms with Gasteiger partial charge < -0.3 is 4.90 Å². The molecule has 1 saturated heterocycles. The highest BCUT2D eigenvalue weighted by Crippen LogP contribution is 2.36. The fourth-order valence-electron chi connectivity index (χ4n) is 1.83. The SMILES string of the molecule is CN1C(=S)[C@@H](N=[N+]=[N-])[C@@H]1C(C)(C)C. The molecule has 1 aliphatic heterocycles. The first-order chi connectivity index (χ1) is 5.89. The Kier molecular flexibility index (Phi) is 2.50. The summed E-state index contributed by atoms with van der Waals surface area (Å²) in [5.74, 6) is 0. The summed E-state index contributed by atoms with van der Waals surface area (Å²) in [7, 11) is 1.95. The largest absolute Gasteiger partial charge is 0.364 e. The van der Waals surface area contributed by atoms with Gasteiger partial charge in [-0.15, -0.1) is 0 Å². The molecule has 0 N–H and O–H groups in total. The predicted molar refractivity (Wildman–Crippen MR) is 56.5 cm³/mol. The van der Waals surface area contributed by atoms with Gasteiger partial charge in [-0.3, -0.25) is 0 Å². The highest BCUT2D eigenvalue weighted by Gasteiger charge is 2.47. The maximum atomic E-state index is 8.37. The van der Waals surface area contributed by atoms with Crippen LogP contribution in [-0.4, -0.2) is 29.0 Å². The van der Waals surface area contributed by atoms with Crippen molar-refractivity contribution in [1.29, 1.82) is 0 Å². The van der Waals surface area contributed by atoms with E-state index >= 15 is 0 Å². The second-order valence-electron chi connectivity index (χ2n) is 4.41. The summed E-state index contributed by atoms with van der Waals surface area (Å²) in [6.45, 7) is 6.36. The van der Waals surface area contributed by atoms with E-state index in [9.17, 15) is 0 Å². The minimum Gasteiger partial charge on any atom is -0.364 e. The number of thiocarbonyl (C=S) groups is 1. The van der Waals surface area contributed by atoms with Crippen LogP contribution in [0.1, 0.15) is 20.8 Å². The highest BCUT2D eigenvalue weighted by atomic mass is 32.1. The Morgan fingerprint density at radius 2 is 2.08 bits per heavy atom. The first kappa shape index (κ1) is 10.3. The van der Waals surface area contributed by atoms with Crippen molar-refractivity contribution in [2.45, 2.75) is 32.9 Å². The Morgan fingerprint density at radius 1 is 1.54 bits per heavy atom. The molecule has 4 nitrogen and oxygen atoms in total. The van der Waals surface area contributed by atoms with Crippen LogP contribution >= 0.6 is 12.2 Å². The monoisotopic (exact) mass is 198 g/mol. The zero-order valence-electron chi connectivity index (χ0n) is 8.35. The van der Waals surface area contributed by atoms with Gasteiger partial charge in [0, 0.05) is 18.0 Å². The number of likely N-dealkylation sites (tertiary alicyclic amines) is 1. The van der Waals surface area contributed by atoms with Crippen molar-refractivity contribution in [3.8, 4) is 0 Å². The molecule has 0 aliphatic carbocycles. The molecule has 0 amide bonds. The quantitative estimate of drug-likeness (QED) is 0.281. The van der Waals surface area contributed by atoms with Crippen LogP contribution in [0.25, 0.3) is 10.4 Å². The summed E-state index contributed by atoms with van der Waals surface area (Å²) in [5, 5.41) is 3.71. The molecule has 0 unspecified atom stereocenters. The molecule has 0 aromatic rings. The van der Waals surface area contributed by atoms with E-state index < -0.39 is 0 Å². The van der Waals surface area contributed by atoms with E-state index in [1.54, 1.807) is 0 Å². The molecule has 1 fully saturated rings. The van der Waals surface area contributed by atoms with Gasteiger partial charge in [0.05, 0.1) is 4.99 Å². The van der Waals surface area contributed by atoms with E-state index in [1.807, 2.05) is 11.9 Å². The molecule has 0 bridgehead atoms. The Morgan fingerprint density at radius 3 is 2.46 bits per heavy atom. The molecule has 1 rings (SSSR count). The summed E-state index contributed by atoms with van der Waals surface area (Å²) in [6, 6.07) is 0.0981. The Balaban J connectivity index is 2.86. The molecule has 0 spiro atoms. The lowest BCUT2D eigenvalue weighted by atomic mass is 9.76. The van der Waals surface area contributed by atoms with Crippen LogP contribution in [0.3, 0.4) is 0 Å². The molecule has 0 radical (unpaired) electrons. The summed E-state index contributed by atoms with van der Waals surface area (Å²) < 4.78 is 0. The van der Waals surface area contributed by atoms with Crippen molar-refractivity contribution in [3.05, 3.63) is 10.4 Å². The summed E-state index contributed by atoms with van der Waals surface area (Å²) in [4.78, 5) is 5.57. The Labute approximate surface area is 83.5 Å². The van der Waals surface area contributed by atoms with E-state index in [0.717, 1.165) is 4.99 Å². The number of rotatable bonds is 1. The summed E-state index contributed by atoms with van der Waals surface area (Å²) in [5.41, 5.74) is 8.46. The molecule has 5 heteroatoms. The second kappa shape index (κ2) is 3.16. The van der Waals surface area contributed by atoms with E-state index in [-0.39, 0.29) is 17.5 Å². The third-order valence-corrected chi connectivity index (χ3v) is 2.91. The molecule has 2 atom stereocenters. The van der Waals surface area contributed by atoms with Gasteiger partial charge in [0.2, 0.25) is 0 Å². The van der Waals surface area contributed by atoms with Crippen molar-refractivity contribution in [2.75, 3.05) is 7.05 Å². The van der Waals surface area contributed by atoms with E-state index in [1.165, 1.54) is 0 Å². The van der Waals surface area contributed by atoms with Gasteiger partial charge in [-0.2, -0.15) is 0 Å². The van der Waals surface area contributed by atoms with E-state index in [2.05, 4.69) is 30.8 Å². The first-order valence-corrected chi connectivity index (χ1v) is 4.61. The second-order valence-corrected chi connectivity index (χ2v) is 4.83. The van der Waals surface area contributed by atoms with Gasteiger partial charge in [0.1, 0.15) is 6.04 Å². The number of hydrogen-bond acceptors (Lipinski definition) is 2. The molecule has 1 aliphatic rings. The standard InChI is InChI=1S/C8H14N4S/c1-8(2,3)6-5(10-11-9)7(13)12(6)4/h5-6H,1-4H3/t5-,6+/m0/s1. The third kappa shape index (κ3) is 1.62. The van der Waals surface area contributed by atoms with Crippen LogP contribution < -0.4 is 0 Å². The lowest BCUT2D eigenvalue weighted by Gasteiger charge is -2.52. The minimum absolute atomic E-state index is 0.0932. The zero-order valence-corrected chi connectivity index (χ0v) is 9.17. The molecular formula is C8H14N4S. The molecule has 13 heavy (non-hydrogen) atoms. The van der Waals surface area contributed by atoms with E-state index in [0.29, 0.717) is 0 Å². The van der Waals surface area contributed by atoms with Crippen LogP contribution in [0, 0.1) is 5.41 Å². The Hall–Kier alpha value is -0.800. The summed E-state index contributed by atoms with van der Waals surface area (Å²) >= 11 is 5.10. The van der Waals surface area contributed by atoms with Crippen LogP contribution in [0.5, 0.6) is 0 Å². The summed E-state index contributed by atoms with van der Waals surface area (Å²) in [6.07, 6.45) is 0. The number of nitrogens with zero attached hydrogens (tertiary/aromatic N) is 4. The maximum absolute atomic E-state index is 8.37. The lowest BCUT2D eigenvalue weighted by molar-refractivity contribution is 0.131.